The summed E-state index contributed by atoms with van der Waals surface area (Å²) >= 11 is 0. The predicted octanol–water partition coefficient (Wildman–Crippen LogP) is 2.75. The van der Waals surface area contributed by atoms with Crippen molar-refractivity contribution in [2.75, 3.05) is 0 Å². The predicted molar refractivity (Wildman–Crippen MR) is 61.2 cm³/mol. The highest BCUT2D eigenvalue weighted by molar-refractivity contribution is 5.90. The molecule has 0 aromatic carbocycles. The summed E-state index contributed by atoms with van der Waals surface area (Å²) in [6, 6.07) is 0. The average molecular weight is 230 g/mol. The Balaban J connectivity index is 3.97. The summed E-state index contributed by atoms with van der Waals surface area (Å²) in [5, 5.41) is 8.45. The number of unbranched alkanes of at least 4 members (excludes halogenated alkanes) is 2. The number of ether oxygens (including phenoxy) is 1. The SMILES string of the molecule is CCCCC(CCCC)OC(=O)CC(=O)O. The molecule has 0 saturated heterocycles. The zero-order valence-electron chi connectivity index (χ0n) is 10.2. The van der Waals surface area contributed by atoms with E-state index in [-0.39, 0.29) is 6.10 Å². The fourth-order valence-corrected chi connectivity index (χ4v) is 1.48. The normalized spacial score (nSPS) is 10.4. The number of aliphatic carboxylic acids is 1. The number of carboxylic acid groups (broad SMARTS) is 1. The summed E-state index contributed by atoms with van der Waals surface area (Å²) in [6.45, 7) is 4.16. The smallest absolute Gasteiger partial charge is 0.317 e. The molecule has 0 rings (SSSR count). The summed E-state index contributed by atoms with van der Waals surface area (Å²) in [5.41, 5.74) is 0. The lowest BCUT2D eigenvalue weighted by Crippen LogP contribution is -2.20. The molecule has 4 nitrogen and oxygen atoms in total. The van der Waals surface area contributed by atoms with Crippen LogP contribution in [0.3, 0.4) is 0 Å². The average Bonchev–Trinajstić information content (AvgIpc) is 2.20. The number of carboxylic acids is 1. The zero-order chi connectivity index (χ0) is 12.4. The van der Waals surface area contributed by atoms with Gasteiger partial charge in [0.15, 0.2) is 0 Å². The lowest BCUT2D eigenvalue weighted by atomic mass is 10.1. The third-order valence-corrected chi connectivity index (χ3v) is 2.35. The molecule has 0 unspecified atom stereocenters. The number of carbonyl (C=O) groups excluding carboxylic acids is 1. The first kappa shape index (κ1) is 14.9. The Labute approximate surface area is 97.0 Å². The highest BCUT2D eigenvalue weighted by Gasteiger charge is 2.15. The van der Waals surface area contributed by atoms with Gasteiger partial charge in [0.2, 0.25) is 0 Å². The van der Waals surface area contributed by atoms with Crippen molar-refractivity contribution < 1.29 is 19.4 Å². The van der Waals surface area contributed by atoms with Crippen LogP contribution in [0.1, 0.15) is 58.8 Å². The van der Waals surface area contributed by atoms with E-state index in [1.54, 1.807) is 0 Å². The van der Waals surface area contributed by atoms with E-state index in [1.807, 2.05) is 0 Å². The third-order valence-electron chi connectivity index (χ3n) is 2.35. The highest BCUT2D eigenvalue weighted by atomic mass is 16.5. The van der Waals surface area contributed by atoms with Gasteiger partial charge in [0, 0.05) is 0 Å². The molecule has 94 valence electrons. The van der Waals surface area contributed by atoms with E-state index in [2.05, 4.69) is 13.8 Å². The second kappa shape index (κ2) is 9.19. The molecule has 0 amide bonds. The first-order chi connectivity index (χ1) is 7.60. The Bertz CT molecular complexity index is 205. The lowest BCUT2D eigenvalue weighted by molar-refractivity contribution is -0.155. The highest BCUT2D eigenvalue weighted by Crippen LogP contribution is 2.13. The van der Waals surface area contributed by atoms with Crippen LogP contribution in [0.5, 0.6) is 0 Å². The zero-order valence-corrected chi connectivity index (χ0v) is 10.2. The van der Waals surface area contributed by atoms with Crippen molar-refractivity contribution in [2.24, 2.45) is 0 Å². The Morgan fingerprint density at radius 2 is 1.62 bits per heavy atom. The molecule has 0 atom stereocenters. The van der Waals surface area contributed by atoms with E-state index in [0.29, 0.717) is 0 Å². The fourth-order valence-electron chi connectivity index (χ4n) is 1.48. The minimum Gasteiger partial charge on any atom is -0.481 e. The molecule has 0 saturated carbocycles. The Morgan fingerprint density at radius 1 is 1.12 bits per heavy atom. The molecule has 16 heavy (non-hydrogen) atoms. The van der Waals surface area contributed by atoms with E-state index in [4.69, 9.17) is 9.84 Å². The van der Waals surface area contributed by atoms with Crippen molar-refractivity contribution in [3.05, 3.63) is 0 Å². The van der Waals surface area contributed by atoms with Gasteiger partial charge in [0.25, 0.3) is 0 Å². The van der Waals surface area contributed by atoms with Crippen LogP contribution in [-0.4, -0.2) is 23.1 Å². The summed E-state index contributed by atoms with van der Waals surface area (Å²) in [4.78, 5) is 21.5. The van der Waals surface area contributed by atoms with Crippen molar-refractivity contribution in [1.29, 1.82) is 0 Å². The molecule has 0 aliphatic carbocycles. The molecule has 0 aliphatic heterocycles. The number of hydrogen-bond donors (Lipinski definition) is 1. The molecule has 0 aromatic heterocycles. The number of rotatable bonds is 9. The molecule has 0 fully saturated rings. The summed E-state index contributed by atoms with van der Waals surface area (Å²) in [6.07, 6.45) is 5.16. The van der Waals surface area contributed by atoms with Gasteiger partial charge in [-0.25, -0.2) is 0 Å². The Morgan fingerprint density at radius 3 is 2.00 bits per heavy atom. The van der Waals surface area contributed by atoms with Gasteiger partial charge in [-0.05, 0) is 12.8 Å². The monoisotopic (exact) mass is 230 g/mol. The van der Waals surface area contributed by atoms with Crippen LogP contribution < -0.4 is 0 Å². The molecule has 4 heteroatoms. The molecule has 0 radical (unpaired) electrons. The van der Waals surface area contributed by atoms with Gasteiger partial charge in [-0.15, -0.1) is 0 Å². The molecular weight excluding hydrogens is 208 g/mol. The minimum atomic E-state index is -1.13. The van der Waals surface area contributed by atoms with Gasteiger partial charge in [-0.2, -0.15) is 0 Å². The Hall–Kier alpha value is -1.06. The second-order valence-corrected chi connectivity index (χ2v) is 3.97. The second-order valence-electron chi connectivity index (χ2n) is 3.97. The van der Waals surface area contributed by atoms with Crippen LogP contribution >= 0.6 is 0 Å². The van der Waals surface area contributed by atoms with E-state index < -0.39 is 18.4 Å². The van der Waals surface area contributed by atoms with Crippen molar-refractivity contribution in [3.8, 4) is 0 Å². The molecular formula is C12H22O4. The molecule has 0 bridgehead atoms. The van der Waals surface area contributed by atoms with E-state index in [9.17, 15) is 9.59 Å². The summed E-state index contributed by atoms with van der Waals surface area (Å²) in [7, 11) is 0. The number of carbonyl (C=O) groups is 2. The lowest BCUT2D eigenvalue weighted by Gasteiger charge is -2.16. The van der Waals surface area contributed by atoms with E-state index >= 15 is 0 Å². The molecule has 0 heterocycles. The van der Waals surface area contributed by atoms with Crippen LogP contribution in [0.15, 0.2) is 0 Å². The first-order valence-corrected chi connectivity index (χ1v) is 6.01. The van der Waals surface area contributed by atoms with Gasteiger partial charge in [0.1, 0.15) is 12.5 Å². The maximum absolute atomic E-state index is 11.2. The quantitative estimate of drug-likeness (QED) is 0.488. The minimum absolute atomic E-state index is 0.105. The van der Waals surface area contributed by atoms with E-state index in [0.717, 1.165) is 38.5 Å². The standard InChI is InChI=1S/C12H22O4/c1-3-5-7-10(8-6-4-2)16-12(15)9-11(13)14/h10H,3-9H2,1-2H3,(H,13,14). The van der Waals surface area contributed by atoms with Crippen molar-refractivity contribution in [1.82, 2.24) is 0 Å². The van der Waals surface area contributed by atoms with Crippen molar-refractivity contribution >= 4 is 11.9 Å². The summed E-state index contributed by atoms with van der Waals surface area (Å²) < 4.78 is 5.15. The van der Waals surface area contributed by atoms with Crippen molar-refractivity contribution in [2.45, 2.75) is 64.9 Å². The topological polar surface area (TPSA) is 63.6 Å². The Kier molecular flexibility index (Phi) is 8.58. The van der Waals surface area contributed by atoms with Gasteiger partial charge >= 0.3 is 11.9 Å². The van der Waals surface area contributed by atoms with Gasteiger partial charge < -0.3 is 9.84 Å². The third kappa shape index (κ3) is 8.26. The molecule has 1 N–H and O–H groups in total. The summed E-state index contributed by atoms with van der Waals surface area (Å²) in [5.74, 6) is -1.75. The van der Waals surface area contributed by atoms with Crippen LogP contribution in [0.2, 0.25) is 0 Å². The molecule has 0 spiro atoms. The van der Waals surface area contributed by atoms with Gasteiger partial charge in [0.05, 0.1) is 0 Å². The molecule has 0 aromatic rings. The van der Waals surface area contributed by atoms with Crippen LogP contribution in [0, 0.1) is 0 Å². The van der Waals surface area contributed by atoms with Gasteiger partial charge in [-0.1, -0.05) is 39.5 Å². The largest absolute Gasteiger partial charge is 0.481 e. The maximum Gasteiger partial charge on any atom is 0.317 e. The molecule has 0 aliphatic rings. The van der Waals surface area contributed by atoms with Gasteiger partial charge in [-0.3, -0.25) is 9.59 Å². The van der Waals surface area contributed by atoms with Crippen LogP contribution in [0.4, 0.5) is 0 Å². The number of esters is 1. The fraction of sp³-hybridized carbons (Fsp3) is 0.833. The van der Waals surface area contributed by atoms with E-state index in [1.165, 1.54) is 0 Å². The first-order valence-electron chi connectivity index (χ1n) is 6.01. The van der Waals surface area contributed by atoms with Crippen LogP contribution in [-0.2, 0) is 14.3 Å². The van der Waals surface area contributed by atoms with Crippen LogP contribution in [0.25, 0.3) is 0 Å². The van der Waals surface area contributed by atoms with Crippen molar-refractivity contribution in [3.63, 3.8) is 0 Å². The maximum atomic E-state index is 11.2. The number of hydrogen-bond acceptors (Lipinski definition) is 3.